The molecule has 1 aliphatic heterocycles. The molecule has 6 heteroatoms. The molecule has 2 aromatic heterocycles. The largest absolute Gasteiger partial charge is 0.390 e. The topological polar surface area (TPSA) is 84.5 Å². The van der Waals surface area contributed by atoms with Gasteiger partial charge in [0, 0.05) is 28.9 Å². The second-order valence-corrected chi connectivity index (χ2v) is 5.64. The van der Waals surface area contributed by atoms with Crippen molar-refractivity contribution >= 4 is 16.5 Å². The third kappa shape index (κ3) is 2.96. The Labute approximate surface area is 144 Å². The highest BCUT2D eigenvalue weighted by molar-refractivity contribution is 5.96. The molecule has 1 aliphatic rings. The Morgan fingerprint density at radius 1 is 1.08 bits per heavy atom. The Balaban J connectivity index is 1.84. The predicted molar refractivity (Wildman–Crippen MR) is 95.1 cm³/mol. The molecule has 0 atom stereocenters. The van der Waals surface area contributed by atoms with Gasteiger partial charge in [-0.3, -0.25) is 9.97 Å². The molecule has 0 spiro atoms. The van der Waals surface area contributed by atoms with Gasteiger partial charge in [0.2, 0.25) is 0 Å². The fourth-order valence-corrected chi connectivity index (χ4v) is 2.81. The molecule has 0 amide bonds. The number of nitrogens with zero attached hydrogens (tertiary/aromatic N) is 3. The van der Waals surface area contributed by atoms with Crippen LogP contribution in [0.25, 0.3) is 27.6 Å². The maximum atomic E-state index is 9.16. The Hall–Kier alpha value is -3.22. The molecule has 4 rings (SSSR count). The number of aliphatic hydroxyl groups is 1. The van der Waals surface area contributed by atoms with Crippen molar-refractivity contribution in [2.45, 2.75) is 6.61 Å². The molecule has 3 heterocycles. The quantitative estimate of drug-likeness (QED) is 0.718. The van der Waals surface area contributed by atoms with Crippen molar-refractivity contribution in [1.29, 1.82) is 0 Å². The number of pyridine rings is 2. The van der Waals surface area contributed by atoms with Crippen molar-refractivity contribution in [2.24, 2.45) is 5.84 Å². The van der Waals surface area contributed by atoms with Crippen LogP contribution in [-0.4, -0.2) is 20.2 Å². The number of fused-ring (bicyclic) bond motifs is 1. The van der Waals surface area contributed by atoms with E-state index in [0.717, 1.165) is 33.2 Å². The van der Waals surface area contributed by atoms with Crippen molar-refractivity contribution in [3.8, 4) is 11.1 Å². The summed E-state index contributed by atoms with van der Waals surface area (Å²) in [5, 5.41) is 11.3. The number of benzene rings is 1. The minimum absolute atomic E-state index is 0.0698. The van der Waals surface area contributed by atoms with Crippen molar-refractivity contribution in [1.82, 2.24) is 15.1 Å². The van der Waals surface area contributed by atoms with Crippen LogP contribution in [0.4, 0.5) is 0 Å². The van der Waals surface area contributed by atoms with Gasteiger partial charge in [-0.1, -0.05) is 12.1 Å². The lowest BCUT2D eigenvalue weighted by molar-refractivity contribution is -0.0600. The zero-order valence-electron chi connectivity index (χ0n) is 13.3. The lowest BCUT2D eigenvalue weighted by atomic mass is 9.98. The van der Waals surface area contributed by atoms with Crippen LogP contribution in [0.5, 0.6) is 0 Å². The third-order valence-electron chi connectivity index (χ3n) is 4.07. The van der Waals surface area contributed by atoms with E-state index in [-0.39, 0.29) is 6.61 Å². The van der Waals surface area contributed by atoms with Gasteiger partial charge in [-0.15, -0.1) is 5.17 Å². The molecule has 1 aromatic carbocycles. The number of aromatic nitrogens is 2. The Kier molecular flexibility index (Phi) is 3.89. The first kappa shape index (κ1) is 15.3. The van der Waals surface area contributed by atoms with Crippen LogP contribution >= 0.6 is 0 Å². The molecule has 3 aromatic rings. The SMILES string of the molecule is NN1C=C(c2ccc3nccc(-c4ccc(CO)nc4)c3c2)C=CO1. The van der Waals surface area contributed by atoms with E-state index in [1.165, 1.54) is 5.17 Å². The lowest BCUT2D eigenvalue weighted by Crippen LogP contribution is -2.24. The molecule has 0 radical (unpaired) electrons. The molecule has 0 unspecified atom stereocenters. The molecule has 124 valence electrons. The Morgan fingerprint density at radius 3 is 2.72 bits per heavy atom. The second-order valence-electron chi connectivity index (χ2n) is 5.64. The number of allylic oxidation sites excluding steroid dienone is 2. The van der Waals surface area contributed by atoms with Crippen LogP contribution in [-0.2, 0) is 11.4 Å². The highest BCUT2D eigenvalue weighted by Gasteiger charge is 2.10. The number of hydrogen-bond acceptors (Lipinski definition) is 6. The summed E-state index contributed by atoms with van der Waals surface area (Å²) in [4.78, 5) is 13.8. The summed E-state index contributed by atoms with van der Waals surface area (Å²) in [6.07, 6.45) is 8.67. The van der Waals surface area contributed by atoms with Crippen molar-refractivity contribution in [2.75, 3.05) is 0 Å². The predicted octanol–water partition coefficient (Wildman–Crippen LogP) is 2.76. The fraction of sp³-hybridized carbons (Fsp3) is 0.0526. The average molecular weight is 332 g/mol. The van der Waals surface area contributed by atoms with Gasteiger partial charge in [0.25, 0.3) is 0 Å². The first-order valence-corrected chi connectivity index (χ1v) is 7.79. The number of hydrazine groups is 1. The number of aliphatic hydroxyl groups excluding tert-OH is 1. The monoisotopic (exact) mass is 332 g/mol. The van der Waals surface area contributed by atoms with Crippen molar-refractivity contribution in [3.63, 3.8) is 0 Å². The van der Waals surface area contributed by atoms with E-state index >= 15 is 0 Å². The van der Waals surface area contributed by atoms with Gasteiger partial charge in [-0.25, -0.2) is 5.84 Å². The summed E-state index contributed by atoms with van der Waals surface area (Å²) in [6.45, 7) is -0.0698. The zero-order chi connectivity index (χ0) is 17.2. The van der Waals surface area contributed by atoms with Gasteiger partial charge in [-0.2, -0.15) is 0 Å². The van der Waals surface area contributed by atoms with Crippen LogP contribution in [0.15, 0.2) is 67.3 Å². The standard InChI is InChI=1S/C19H16N4O2/c20-23-11-15(6-8-25-23)13-2-4-19-18(9-13)17(5-7-21-19)14-1-3-16(12-24)22-10-14/h1-11,24H,12,20H2. The molecule has 3 N–H and O–H groups in total. The minimum Gasteiger partial charge on any atom is -0.390 e. The second kappa shape index (κ2) is 6.35. The highest BCUT2D eigenvalue weighted by Crippen LogP contribution is 2.30. The minimum atomic E-state index is -0.0698. The zero-order valence-corrected chi connectivity index (χ0v) is 13.3. The van der Waals surface area contributed by atoms with Gasteiger partial charge in [-0.05, 0) is 41.5 Å². The number of rotatable bonds is 3. The molecule has 0 aliphatic carbocycles. The number of nitrogens with two attached hydrogens (primary N) is 1. The first-order chi connectivity index (χ1) is 12.2. The van der Waals surface area contributed by atoms with E-state index in [0.29, 0.717) is 5.69 Å². The molecule has 0 bridgehead atoms. The van der Waals surface area contributed by atoms with E-state index in [1.807, 2.05) is 36.4 Å². The van der Waals surface area contributed by atoms with Gasteiger partial charge >= 0.3 is 0 Å². The van der Waals surface area contributed by atoms with Gasteiger partial charge in [0.1, 0.15) is 6.26 Å². The molecular weight excluding hydrogens is 316 g/mol. The molecule has 25 heavy (non-hydrogen) atoms. The molecule has 0 saturated carbocycles. The normalized spacial score (nSPS) is 13.7. The molecule has 6 nitrogen and oxygen atoms in total. The van der Waals surface area contributed by atoms with E-state index in [1.54, 1.807) is 24.9 Å². The lowest BCUT2D eigenvalue weighted by Gasteiger charge is -2.17. The van der Waals surface area contributed by atoms with E-state index in [4.69, 9.17) is 15.8 Å². The number of hydrogen-bond donors (Lipinski definition) is 2. The van der Waals surface area contributed by atoms with Gasteiger partial charge in [0.05, 0.1) is 24.0 Å². The van der Waals surface area contributed by atoms with Crippen LogP contribution in [0.1, 0.15) is 11.3 Å². The molecular formula is C19H16N4O2. The van der Waals surface area contributed by atoms with E-state index < -0.39 is 0 Å². The van der Waals surface area contributed by atoms with Gasteiger partial charge in [0.15, 0.2) is 0 Å². The van der Waals surface area contributed by atoms with Crippen molar-refractivity contribution in [3.05, 3.63) is 78.6 Å². The maximum absolute atomic E-state index is 9.16. The maximum Gasteiger partial charge on any atom is 0.122 e. The van der Waals surface area contributed by atoms with Gasteiger partial charge < -0.3 is 9.94 Å². The fourth-order valence-electron chi connectivity index (χ4n) is 2.81. The summed E-state index contributed by atoms with van der Waals surface area (Å²) < 4.78 is 0. The van der Waals surface area contributed by atoms with Crippen LogP contribution < -0.4 is 5.84 Å². The summed E-state index contributed by atoms with van der Waals surface area (Å²) in [7, 11) is 0. The van der Waals surface area contributed by atoms with Crippen LogP contribution in [0, 0.1) is 0 Å². The van der Waals surface area contributed by atoms with Crippen molar-refractivity contribution < 1.29 is 9.94 Å². The summed E-state index contributed by atoms with van der Waals surface area (Å²) >= 11 is 0. The number of hydroxylamine groups is 1. The van der Waals surface area contributed by atoms with Crippen LogP contribution in [0.3, 0.4) is 0 Å². The first-order valence-electron chi connectivity index (χ1n) is 7.79. The Bertz CT molecular complexity index is 980. The van der Waals surface area contributed by atoms with E-state index in [9.17, 15) is 0 Å². The molecule has 0 saturated heterocycles. The smallest absolute Gasteiger partial charge is 0.122 e. The van der Waals surface area contributed by atoms with Crippen LogP contribution in [0.2, 0.25) is 0 Å². The summed E-state index contributed by atoms with van der Waals surface area (Å²) in [5.41, 5.74) is 5.50. The summed E-state index contributed by atoms with van der Waals surface area (Å²) in [6, 6.07) is 11.8. The summed E-state index contributed by atoms with van der Waals surface area (Å²) in [5.74, 6) is 5.67. The highest BCUT2D eigenvalue weighted by atomic mass is 16.7. The Morgan fingerprint density at radius 2 is 1.96 bits per heavy atom. The average Bonchev–Trinajstić information content (AvgIpc) is 2.67. The van der Waals surface area contributed by atoms with E-state index in [2.05, 4.69) is 16.0 Å². The third-order valence-corrected chi connectivity index (χ3v) is 4.07. The molecule has 0 fully saturated rings.